The molecule has 0 unspecified atom stereocenters. The highest BCUT2D eigenvalue weighted by atomic mass is 32.1. The van der Waals surface area contributed by atoms with E-state index >= 15 is 0 Å². The van der Waals surface area contributed by atoms with Crippen molar-refractivity contribution in [2.75, 3.05) is 0 Å². The minimum Gasteiger partial charge on any atom is -0.354 e. The van der Waals surface area contributed by atoms with Gasteiger partial charge in [-0.15, -0.1) is 11.3 Å². The Hall–Kier alpha value is -2.32. The van der Waals surface area contributed by atoms with Gasteiger partial charge in [-0.2, -0.15) is 0 Å². The summed E-state index contributed by atoms with van der Waals surface area (Å²) < 4.78 is 2.71. The number of thiophene rings is 1. The van der Waals surface area contributed by atoms with Gasteiger partial charge in [-0.3, -0.25) is 0 Å². The molecule has 0 aliphatic heterocycles. The molecule has 20 heavy (non-hydrogen) atoms. The Kier molecular flexibility index (Phi) is 1.89. The van der Waals surface area contributed by atoms with Crippen molar-refractivity contribution in [1.82, 2.24) is 4.98 Å². The summed E-state index contributed by atoms with van der Waals surface area (Å²) >= 11 is 1.87. The molecule has 5 rings (SSSR count). The van der Waals surface area contributed by atoms with Gasteiger partial charge in [0.15, 0.2) is 0 Å². The van der Waals surface area contributed by atoms with Crippen molar-refractivity contribution in [3.8, 4) is 0 Å². The molecule has 0 aliphatic carbocycles. The molecule has 0 saturated heterocycles. The normalized spacial score (nSPS) is 12.0. The highest BCUT2D eigenvalue weighted by Gasteiger charge is 2.09. The third-order valence-corrected chi connectivity index (χ3v) is 5.14. The standard InChI is InChI=1S/C18H11NS/c1-3-7-15-11(5-1)13-9-14-12-6-2-4-8-17(12)20-18(14)10-16(13)19-15/h1-10,19H. The first kappa shape index (κ1) is 10.5. The summed E-state index contributed by atoms with van der Waals surface area (Å²) in [6.07, 6.45) is 0. The van der Waals surface area contributed by atoms with Crippen LogP contribution in [0.3, 0.4) is 0 Å². The first-order valence-electron chi connectivity index (χ1n) is 6.72. The maximum atomic E-state index is 3.52. The molecule has 2 aromatic heterocycles. The molecule has 0 amide bonds. The van der Waals surface area contributed by atoms with Gasteiger partial charge in [0.25, 0.3) is 0 Å². The zero-order valence-electron chi connectivity index (χ0n) is 10.7. The number of rotatable bonds is 0. The van der Waals surface area contributed by atoms with Crippen LogP contribution in [0.15, 0.2) is 60.7 Å². The second-order valence-corrected chi connectivity index (χ2v) is 6.25. The van der Waals surface area contributed by atoms with E-state index in [1.165, 1.54) is 42.0 Å². The summed E-state index contributed by atoms with van der Waals surface area (Å²) in [7, 11) is 0. The number of para-hydroxylation sites is 1. The summed E-state index contributed by atoms with van der Waals surface area (Å²) in [6, 6.07) is 21.8. The zero-order chi connectivity index (χ0) is 13.1. The topological polar surface area (TPSA) is 15.8 Å². The van der Waals surface area contributed by atoms with Crippen LogP contribution in [0.25, 0.3) is 42.0 Å². The Morgan fingerprint density at radius 3 is 2.35 bits per heavy atom. The predicted molar refractivity (Wildman–Crippen MR) is 88.7 cm³/mol. The van der Waals surface area contributed by atoms with Crippen molar-refractivity contribution in [2.24, 2.45) is 0 Å². The second-order valence-electron chi connectivity index (χ2n) is 5.16. The van der Waals surface area contributed by atoms with Gasteiger partial charge in [0, 0.05) is 42.0 Å². The molecule has 0 bridgehead atoms. The zero-order valence-corrected chi connectivity index (χ0v) is 11.5. The van der Waals surface area contributed by atoms with Crippen LogP contribution in [0, 0.1) is 0 Å². The maximum absolute atomic E-state index is 3.52. The third-order valence-electron chi connectivity index (χ3n) is 4.00. The van der Waals surface area contributed by atoms with Crippen molar-refractivity contribution in [2.45, 2.75) is 0 Å². The molecule has 3 aromatic carbocycles. The molecule has 2 heterocycles. The second kappa shape index (κ2) is 3.62. The fraction of sp³-hybridized carbons (Fsp3) is 0. The van der Waals surface area contributed by atoms with Crippen LogP contribution in [0.1, 0.15) is 0 Å². The molecule has 0 radical (unpaired) electrons. The van der Waals surface area contributed by atoms with Gasteiger partial charge < -0.3 is 4.98 Å². The Bertz CT molecular complexity index is 1010. The summed E-state index contributed by atoms with van der Waals surface area (Å²) in [6.45, 7) is 0. The first-order valence-corrected chi connectivity index (χ1v) is 7.53. The van der Waals surface area contributed by atoms with E-state index in [1.807, 2.05) is 11.3 Å². The molecule has 1 nitrogen and oxygen atoms in total. The molecule has 0 spiro atoms. The van der Waals surface area contributed by atoms with Crippen LogP contribution in [0.4, 0.5) is 0 Å². The van der Waals surface area contributed by atoms with E-state index in [0.717, 1.165) is 0 Å². The number of hydrogen-bond donors (Lipinski definition) is 1. The van der Waals surface area contributed by atoms with Crippen molar-refractivity contribution < 1.29 is 0 Å². The maximum Gasteiger partial charge on any atom is 0.0479 e. The SMILES string of the molecule is c1ccc2c(c1)[nH]c1cc3sc4ccccc4c3cc12. The fourth-order valence-corrected chi connectivity index (χ4v) is 4.20. The quantitative estimate of drug-likeness (QED) is 0.373. The third kappa shape index (κ3) is 1.27. The van der Waals surface area contributed by atoms with E-state index in [1.54, 1.807) is 0 Å². The van der Waals surface area contributed by atoms with E-state index in [-0.39, 0.29) is 0 Å². The number of aromatic amines is 1. The summed E-state index contributed by atoms with van der Waals surface area (Å²) in [4.78, 5) is 3.52. The van der Waals surface area contributed by atoms with Crippen LogP contribution in [0.5, 0.6) is 0 Å². The number of H-pyrrole nitrogens is 1. The lowest BCUT2D eigenvalue weighted by Crippen LogP contribution is -1.69. The van der Waals surface area contributed by atoms with Crippen LogP contribution < -0.4 is 0 Å². The van der Waals surface area contributed by atoms with E-state index < -0.39 is 0 Å². The van der Waals surface area contributed by atoms with Gasteiger partial charge >= 0.3 is 0 Å². The monoisotopic (exact) mass is 273 g/mol. The number of hydrogen-bond acceptors (Lipinski definition) is 1. The van der Waals surface area contributed by atoms with Crippen LogP contribution in [-0.2, 0) is 0 Å². The highest BCUT2D eigenvalue weighted by molar-refractivity contribution is 7.25. The number of nitrogens with one attached hydrogen (secondary N) is 1. The minimum absolute atomic E-state index is 1.21. The molecule has 0 atom stereocenters. The Morgan fingerprint density at radius 1 is 0.600 bits per heavy atom. The average Bonchev–Trinajstić information content (AvgIpc) is 3.02. The average molecular weight is 273 g/mol. The summed E-state index contributed by atoms with van der Waals surface area (Å²) in [5.41, 5.74) is 2.44. The van der Waals surface area contributed by atoms with Gasteiger partial charge in [-0.25, -0.2) is 0 Å². The van der Waals surface area contributed by atoms with Crippen LogP contribution in [-0.4, -0.2) is 4.98 Å². The van der Waals surface area contributed by atoms with Gasteiger partial charge in [-0.1, -0.05) is 36.4 Å². The van der Waals surface area contributed by atoms with Gasteiger partial charge in [0.2, 0.25) is 0 Å². The molecule has 0 aliphatic rings. The lowest BCUT2D eigenvalue weighted by Gasteiger charge is -1.94. The Labute approximate surface area is 119 Å². The highest BCUT2D eigenvalue weighted by Crippen LogP contribution is 2.37. The fourth-order valence-electron chi connectivity index (χ4n) is 3.07. The Balaban J connectivity index is 2.06. The first-order chi connectivity index (χ1) is 9.90. The molecule has 0 saturated carbocycles. The van der Waals surface area contributed by atoms with Crippen molar-refractivity contribution >= 4 is 53.3 Å². The molecule has 1 N–H and O–H groups in total. The van der Waals surface area contributed by atoms with E-state index in [9.17, 15) is 0 Å². The molecular weight excluding hydrogens is 262 g/mol. The van der Waals surface area contributed by atoms with Crippen molar-refractivity contribution in [3.63, 3.8) is 0 Å². The summed E-state index contributed by atoms with van der Waals surface area (Å²) in [5, 5.41) is 5.35. The van der Waals surface area contributed by atoms with Gasteiger partial charge in [0.05, 0.1) is 0 Å². The van der Waals surface area contributed by atoms with Crippen LogP contribution in [0.2, 0.25) is 0 Å². The smallest absolute Gasteiger partial charge is 0.0479 e. The largest absolute Gasteiger partial charge is 0.354 e. The van der Waals surface area contributed by atoms with E-state index in [0.29, 0.717) is 0 Å². The Morgan fingerprint density at radius 2 is 1.40 bits per heavy atom. The van der Waals surface area contributed by atoms with Gasteiger partial charge in [-0.05, 0) is 24.3 Å². The molecule has 0 fully saturated rings. The lowest BCUT2D eigenvalue weighted by molar-refractivity contribution is 1.56. The van der Waals surface area contributed by atoms with Crippen molar-refractivity contribution in [1.29, 1.82) is 0 Å². The number of benzene rings is 3. The number of aromatic nitrogens is 1. The lowest BCUT2D eigenvalue weighted by atomic mass is 10.1. The predicted octanol–water partition coefficient (Wildman–Crippen LogP) is 5.69. The molecule has 94 valence electrons. The van der Waals surface area contributed by atoms with Crippen molar-refractivity contribution in [3.05, 3.63) is 60.7 Å². The molecule has 2 heteroatoms. The van der Waals surface area contributed by atoms with Crippen LogP contribution >= 0.6 is 11.3 Å². The minimum atomic E-state index is 1.21. The molecule has 5 aromatic rings. The van der Waals surface area contributed by atoms with E-state index in [2.05, 4.69) is 65.6 Å². The summed E-state index contributed by atoms with van der Waals surface area (Å²) in [5.74, 6) is 0. The van der Waals surface area contributed by atoms with Gasteiger partial charge in [0.1, 0.15) is 0 Å². The molecular formula is C18H11NS. The number of fused-ring (bicyclic) bond motifs is 6. The van der Waals surface area contributed by atoms with E-state index in [4.69, 9.17) is 0 Å².